The van der Waals surface area contributed by atoms with Gasteiger partial charge in [0.1, 0.15) is 0 Å². The first kappa shape index (κ1) is 14.3. The minimum atomic E-state index is -4.47. The molecule has 104 valence electrons. The summed E-state index contributed by atoms with van der Waals surface area (Å²) in [5, 5.41) is 9.76. The molecule has 0 saturated heterocycles. The highest BCUT2D eigenvalue weighted by Gasteiger charge is 2.35. The third kappa shape index (κ3) is 3.09. The van der Waals surface area contributed by atoms with E-state index in [1.54, 1.807) is 0 Å². The molecule has 0 spiro atoms. The summed E-state index contributed by atoms with van der Waals surface area (Å²) in [6.45, 7) is 3.10. The van der Waals surface area contributed by atoms with Crippen molar-refractivity contribution in [3.05, 3.63) is 28.5 Å². The van der Waals surface area contributed by atoms with Gasteiger partial charge in [0.25, 0.3) is 0 Å². The van der Waals surface area contributed by atoms with Crippen LogP contribution in [0, 0.1) is 0 Å². The van der Waals surface area contributed by atoms with Crippen molar-refractivity contribution in [2.45, 2.75) is 32.2 Å². The Morgan fingerprint density at radius 2 is 1.95 bits per heavy atom. The van der Waals surface area contributed by atoms with E-state index in [2.05, 4.69) is 20.9 Å². The third-order valence-electron chi connectivity index (χ3n) is 2.54. The Labute approximate surface area is 116 Å². The summed E-state index contributed by atoms with van der Waals surface area (Å²) in [5.74, 6) is 0. The third-order valence-corrected chi connectivity index (χ3v) is 3.00. The van der Waals surface area contributed by atoms with E-state index in [4.69, 9.17) is 0 Å². The molecule has 1 aromatic carbocycles. The lowest BCUT2D eigenvalue weighted by molar-refractivity contribution is -0.136. The topological polar surface area (TPSA) is 38.0 Å². The van der Waals surface area contributed by atoms with Crippen LogP contribution in [-0.2, 0) is 12.7 Å². The van der Waals surface area contributed by atoms with E-state index >= 15 is 0 Å². The summed E-state index contributed by atoms with van der Waals surface area (Å²) in [6, 6.07) is 2.54. The maximum absolute atomic E-state index is 13.1. The summed E-state index contributed by atoms with van der Waals surface area (Å²) in [4.78, 5) is 3.96. The molecule has 0 aliphatic heterocycles. The van der Waals surface area contributed by atoms with Crippen molar-refractivity contribution >= 4 is 27.0 Å². The van der Waals surface area contributed by atoms with E-state index in [1.807, 2.05) is 0 Å². The molecule has 7 heteroatoms. The molecule has 0 aliphatic carbocycles. The molecule has 0 radical (unpaired) electrons. The molecular formula is C12H12BrF3N2O. The van der Waals surface area contributed by atoms with Crippen LogP contribution < -0.4 is 0 Å². The first-order chi connectivity index (χ1) is 8.58. The quantitative estimate of drug-likeness (QED) is 0.910. The van der Waals surface area contributed by atoms with Crippen LogP contribution in [0.15, 0.2) is 22.9 Å². The van der Waals surface area contributed by atoms with Crippen LogP contribution in [0.2, 0.25) is 0 Å². The average Bonchev–Trinajstić information content (AvgIpc) is 2.56. The highest BCUT2D eigenvalue weighted by Crippen LogP contribution is 2.37. The zero-order chi connectivity index (χ0) is 14.4. The number of hydrogen-bond donors (Lipinski definition) is 1. The highest BCUT2D eigenvalue weighted by molar-refractivity contribution is 9.10. The van der Waals surface area contributed by atoms with Gasteiger partial charge in [-0.15, -0.1) is 0 Å². The minimum absolute atomic E-state index is 0.0159. The van der Waals surface area contributed by atoms with E-state index in [-0.39, 0.29) is 17.6 Å². The van der Waals surface area contributed by atoms with Gasteiger partial charge in [-0.05, 0) is 26.0 Å². The van der Waals surface area contributed by atoms with Crippen LogP contribution >= 0.6 is 15.9 Å². The monoisotopic (exact) mass is 336 g/mol. The van der Waals surface area contributed by atoms with Crippen molar-refractivity contribution in [2.75, 3.05) is 0 Å². The second-order valence-corrected chi connectivity index (χ2v) is 5.92. The number of nitrogens with zero attached hydrogens (tertiary/aromatic N) is 2. The number of imidazole rings is 1. The van der Waals surface area contributed by atoms with Crippen LogP contribution in [0.3, 0.4) is 0 Å². The fourth-order valence-electron chi connectivity index (χ4n) is 1.93. The second kappa shape index (κ2) is 4.49. The van der Waals surface area contributed by atoms with E-state index in [9.17, 15) is 18.3 Å². The standard InChI is InChI=1S/C12H12BrF3N2O/c1-11(2,19)5-18-6-17-9-4-7(13)3-8(10(9)18)12(14,15)16/h3-4,6,19H,5H2,1-2H3. The normalized spacial score (nSPS) is 13.2. The van der Waals surface area contributed by atoms with Crippen molar-refractivity contribution in [3.63, 3.8) is 0 Å². The van der Waals surface area contributed by atoms with E-state index in [0.717, 1.165) is 6.07 Å². The van der Waals surface area contributed by atoms with Gasteiger partial charge in [-0.25, -0.2) is 4.98 Å². The fraction of sp³-hybridized carbons (Fsp3) is 0.417. The van der Waals surface area contributed by atoms with E-state index < -0.39 is 17.3 Å². The Morgan fingerprint density at radius 1 is 1.32 bits per heavy atom. The Morgan fingerprint density at radius 3 is 2.47 bits per heavy atom. The molecule has 0 fully saturated rings. The number of aromatic nitrogens is 2. The van der Waals surface area contributed by atoms with Gasteiger partial charge >= 0.3 is 6.18 Å². The minimum Gasteiger partial charge on any atom is -0.389 e. The predicted molar refractivity (Wildman–Crippen MR) is 68.7 cm³/mol. The van der Waals surface area contributed by atoms with Crippen molar-refractivity contribution in [1.29, 1.82) is 0 Å². The first-order valence-electron chi connectivity index (χ1n) is 5.52. The highest BCUT2D eigenvalue weighted by atomic mass is 79.9. The molecule has 1 aromatic heterocycles. The molecule has 3 nitrogen and oxygen atoms in total. The fourth-order valence-corrected chi connectivity index (χ4v) is 2.37. The van der Waals surface area contributed by atoms with Crippen LogP contribution in [0.1, 0.15) is 19.4 Å². The largest absolute Gasteiger partial charge is 0.418 e. The molecule has 0 atom stereocenters. The van der Waals surface area contributed by atoms with Gasteiger partial charge in [-0.3, -0.25) is 0 Å². The molecule has 1 heterocycles. The van der Waals surface area contributed by atoms with Crippen LogP contribution in [0.25, 0.3) is 11.0 Å². The van der Waals surface area contributed by atoms with Gasteiger partial charge in [0.2, 0.25) is 0 Å². The number of rotatable bonds is 2. The van der Waals surface area contributed by atoms with Crippen LogP contribution in [-0.4, -0.2) is 20.3 Å². The number of fused-ring (bicyclic) bond motifs is 1. The van der Waals surface area contributed by atoms with Crippen molar-refractivity contribution in [1.82, 2.24) is 9.55 Å². The zero-order valence-electron chi connectivity index (χ0n) is 10.3. The van der Waals surface area contributed by atoms with E-state index in [1.165, 1.54) is 30.8 Å². The van der Waals surface area contributed by atoms with Crippen molar-refractivity contribution in [3.8, 4) is 0 Å². The zero-order valence-corrected chi connectivity index (χ0v) is 11.9. The summed E-state index contributed by atoms with van der Waals surface area (Å²) in [6.07, 6.45) is -3.16. The summed E-state index contributed by atoms with van der Waals surface area (Å²) in [7, 11) is 0. The van der Waals surface area contributed by atoms with Gasteiger partial charge in [-0.2, -0.15) is 13.2 Å². The average molecular weight is 337 g/mol. The van der Waals surface area contributed by atoms with Gasteiger partial charge in [0.05, 0.1) is 35.1 Å². The van der Waals surface area contributed by atoms with Gasteiger partial charge in [0.15, 0.2) is 0 Å². The Balaban J connectivity index is 2.69. The Kier molecular flexibility index (Phi) is 3.38. The maximum Gasteiger partial charge on any atom is 0.418 e. The van der Waals surface area contributed by atoms with Gasteiger partial charge < -0.3 is 9.67 Å². The first-order valence-corrected chi connectivity index (χ1v) is 6.31. The number of aliphatic hydroxyl groups is 1. The van der Waals surface area contributed by atoms with Gasteiger partial charge in [-0.1, -0.05) is 15.9 Å². The van der Waals surface area contributed by atoms with Crippen LogP contribution in [0.5, 0.6) is 0 Å². The smallest absolute Gasteiger partial charge is 0.389 e. The summed E-state index contributed by atoms with van der Waals surface area (Å²) < 4.78 is 40.8. The number of benzene rings is 1. The Hall–Kier alpha value is -1.08. The predicted octanol–water partition coefficient (Wildman–Crippen LogP) is 3.59. The maximum atomic E-state index is 13.1. The number of hydrogen-bond acceptors (Lipinski definition) is 2. The molecule has 0 saturated carbocycles. The van der Waals surface area contributed by atoms with Crippen molar-refractivity contribution in [2.24, 2.45) is 0 Å². The van der Waals surface area contributed by atoms with Crippen LogP contribution in [0.4, 0.5) is 13.2 Å². The SMILES string of the molecule is CC(C)(O)Cn1cnc2cc(Br)cc(C(F)(F)F)c21. The molecule has 0 unspecified atom stereocenters. The lowest BCUT2D eigenvalue weighted by Gasteiger charge is -2.19. The molecule has 0 bridgehead atoms. The molecule has 19 heavy (non-hydrogen) atoms. The second-order valence-electron chi connectivity index (χ2n) is 5.00. The lowest BCUT2D eigenvalue weighted by atomic mass is 10.1. The molecule has 1 N–H and O–H groups in total. The van der Waals surface area contributed by atoms with Gasteiger partial charge in [0, 0.05) is 4.47 Å². The molecule has 0 amide bonds. The molecule has 2 rings (SSSR count). The molecule has 0 aliphatic rings. The van der Waals surface area contributed by atoms with E-state index in [0.29, 0.717) is 4.47 Å². The summed E-state index contributed by atoms with van der Waals surface area (Å²) >= 11 is 3.05. The number of alkyl halides is 3. The number of halogens is 4. The molecule has 2 aromatic rings. The summed E-state index contributed by atoms with van der Waals surface area (Å²) in [5.41, 5.74) is -1.66. The lowest BCUT2D eigenvalue weighted by Crippen LogP contribution is -2.26. The Bertz CT molecular complexity index is 614. The van der Waals surface area contributed by atoms with Crippen molar-refractivity contribution < 1.29 is 18.3 Å². The molecular weight excluding hydrogens is 325 g/mol.